The van der Waals surface area contributed by atoms with Gasteiger partial charge in [-0.3, -0.25) is 0 Å². The lowest BCUT2D eigenvalue weighted by molar-refractivity contribution is 0.0598. The van der Waals surface area contributed by atoms with Crippen LogP contribution in [0.3, 0.4) is 0 Å². The fourth-order valence-electron chi connectivity index (χ4n) is 2.31. The van der Waals surface area contributed by atoms with Gasteiger partial charge >= 0.3 is 6.09 Å². The molecule has 6 nitrogen and oxygen atoms in total. The Morgan fingerprint density at radius 1 is 1.30 bits per heavy atom. The van der Waals surface area contributed by atoms with E-state index in [0.717, 1.165) is 0 Å². The van der Waals surface area contributed by atoms with E-state index in [1.54, 1.807) is 32.9 Å². The largest absolute Gasteiger partial charge is 0.480 e. The maximum Gasteiger partial charge on any atom is 0.420 e. The first kappa shape index (κ1) is 21.2. The second kappa shape index (κ2) is 8.72. The van der Waals surface area contributed by atoms with Crippen LogP contribution < -0.4 is 9.64 Å². The van der Waals surface area contributed by atoms with Crippen molar-refractivity contribution in [2.75, 3.05) is 12.0 Å². The molecule has 0 bridgehead atoms. The molecular weight excluding hydrogens is 478 g/mol. The topological polar surface area (TPSA) is 75.4 Å². The van der Waals surface area contributed by atoms with Crippen molar-refractivity contribution in [3.05, 3.63) is 45.9 Å². The van der Waals surface area contributed by atoms with E-state index >= 15 is 0 Å². The SMILES string of the molecule is COc1nc(N(C(=O)OC(C)(C)C)c2ccccc2)c(CBr)c(Br)c1C#N. The highest BCUT2D eigenvalue weighted by molar-refractivity contribution is 9.10. The third kappa shape index (κ3) is 4.79. The average Bonchev–Trinajstić information content (AvgIpc) is 2.61. The van der Waals surface area contributed by atoms with Crippen LogP contribution in [-0.2, 0) is 10.1 Å². The number of rotatable bonds is 4. The fraction of sp³-hybridized carbons (Fsp3) is 0.316. The number of aromatic nitrogens is 1. The number of nitrogens with zero attached hydrogens (tertiary/aromatic N) is 3. The molecule has 0 aliphatic rings. The number of carbonyl (C=O) groups excluding carboxylic acids is 1. The smallest absolute Gasteiger partial charge is 0.420 e. The molecule has 0 unspecified atom stereocenters. The molecule has 1 aromatic heterocycles. The zero-order chi connectivity index (χ0) is 20.2. The Balaban J connectivity index is 2.75. The quantitative estimate of drug-likeness (QED) is 0.508. The number of benzene rings is 1. The molecule has 1 amide bonds. The molecule has 0 N–H and O–H groups in total. The van der Waals surface area contributed by atoms with Crippen molar-refractivity contribution in [3.63, 3.8) is 0 Å². The van der Waals surface area contributed by atoms with Gasteiger partial charge in [0.05, 0.1) is 12.8 Å². The van der Waals surface area contributed by atoms with Gasteiger partial charge < -0.3 is 9.47 Å². The summed E-state index contributed by atoms with van der Waals surface area (Å²) in [5.74, 6) is 0.434. The van der Waals surface area contributed by atoms with Gasteiger partial charge in [-0.2, -0.15) is 10.2 Å². The van der Waals surface area contributed by atoms with Crippen LogP contribution in [0.5, 0.6) is 5.88 Å². The summed E-state index contributed by atoms with van der Waals surface area (Å²) in [4.78, 5) is 18.8. The molecule has 1 aromatic carbocycles. The molecule has 2 rings (SSSR count). The van der Waals surface area contributed by atoms with Gasteiger partial charge in [-0.05, 0) is 48.8 Å². The van der Waals surface area contributed by atoms with Crippen LogP contribution in [0, 0.1) is 11.3 Å². The summed E-state index contributed by atoms with van der Waals surface area (Å²) in [5, 5.41) is 9.80. The van der Waals surface area contributed by atoms with Crippen molar-refractivity contribution < 1.29 is 14.3 Å². The predicted molar refractivity (Wildman–Crippen MR) is 111 cm³/mol. The van der Waals surface area contributed by atoms with Gasteiger partial charge in [0.2, 0.25) is 5.88 Å². The minimum Gasteiger partial charge on any atom is -0.480 e. The number of carbonyl (C=O) groups is 1. The van der Waals surface area contributed by atoms with Crippen molar-refractivity contribution >= 4 is 49.5 Å². The molecule has 0 radical (unpaired) electrons. The minimum atomic E-state index is -0.688. The van der Waals surface area contributed by atoms with Gasteiger partial charge in [0.25, 0.3) is 0 Å². The Bertz CT molecular complexity index is 874. The van der Waals surface area contributed by atoms with Crippen molar-refractivity contribution in [3.8, 4) is 11.9 Å². The molecular formula is C19H19Br2N3O3. The van der Waals surface area contributed by atoms with Gasteiger partial charge in [-0.1, -0.05) is 34.1 Å². The predicted octanol–water partition coefficient (Wildman–Crippen LogP) is 5.69. The number of pyridine rings is 1. The Hall–Kier alpha value is -2.11. The zero-order valence-corrected chi connectivity index (χ0v) is 18.6. The van der Waals surface area contributed by atoms with Crippen LogP contribution in [0.1, 0.15) is 31.9 Å². The van der Waals surface area contributed by atoms with E-state index in [2.05, 4.69) is 42.9 Å². The molecule has 0 atom stereocenters. The maximum absolute atomic E-state index is 13.0. The van der Waals surface area contributed by atoms with E-state index in [4.69, 9.17) is 9.47 Å². The number of nitriles is 1. The average molecular weight is 497 g/mol. The van der Waals surface area contributed by atoms with Gasteiger partial charge in [0, 0.05) is 15.4 Å². The summed E-state index contributed by atoms with van der Waals surface area (Å²) in [6, 6.07) is 11.1. The van der Waals surface area contributed by atoms with E-state index in [1.165, 1.54) is 12.0 Å². The molecule has 0 aliphatic carbocycles. The standard InChI is InChI=1S/C19H19Br2N3O3/c1-19(2,3)27-18(25)24(12-8-6-5-7-9-12)16-13(10-20)15(21)14(11-22)17(23-16)26-4/h5-9H,10H2,1-4H3. The summed E-state index contributed by atoms with van der Waals surface area (Å²) in [7, 11) is 1.42. The fourth-order valence-corrected chi connectivity index (χ4v) is 3.79. The lowest BCUT2D eigenvalue weighted by Gasteiger charge is -2.28. The molecule has 0 spiro atoms. The van der Waals surface area contributed by atoms with Gasteiger partial charge in [0.1, 0.15) is 17.2 Å². The van der Waals surface area contributed by atoms with Crippen molar-refractivity contribution in [1.29, 1.82) is 5.26 Å². The Labute approximate surface area is 175 Å². The van der Waals surface area contributed by atoms with Crippen LogP contribution in [-0.4, -0.2) is 23.8 Å². The first-order chi connectivity index (χ1) is 12.7. The monoisotopic (exact) mass is 495 g/mol. The van der Waals surface area contributed by atoms with Crippen LogP contribution in [0.4, 0.5) is 16.3 Å². The highest BCUT2D eigenvalue weighted by Crippen LogP contribution is 2.39. The number of anilines is 2. The minimum absolute atomic E-state index is 0.119. The summed E-state index contributed by atoms with van der Waals surface area (Å²) in [6.07, 6.45) is -0.581. The molecule has 8 heteroatoms. The number of ether oxygens (including phenoxy) is 2. The van der Waals surface area contributed by atoms with Crippen molar-refractivity contribution in [2.24, 2.45) is 0 Å². The van der Waals surface area contributed by atoms with E-state index < -0.39 is 11.7 Å². The first-order valence-electron chi connectivity index (χ1n) is 8.04. The number of alkyl halides is 1. The molecule has 0 aliphatic heterocycles. The van der Waals surface area contributed by atoms with E-state index in [-0.39, 0.29) is 11.4 Å². The van der Waals surface area contributed by atoms with Crippen LogP contribution >= 0.6 is 31.9 Å². The Morgan fingerprint density at radius 3 is 2.41 bits per heavy atom. The normalized spacial score (nSPS) is 10.9. The van der Waals surface area contributed by atoms with Crippen LogP contribution in [0.15, 0.2) is 34.8 Å². The number of hydrogen-bond donors (Lipinski definition) is 0. The van der Waals surface area contributed by atoms with Crippen molar-refractivity contribution in [1.82, 2.24) is 4.98 Å². The summed E-state index contributed by atoms with van der Waals surface area (Å²) < 4.78 is 11.4. The number of hydrogen-bond acceptors (Lipinski definition) is 5. The third-order valence-electron chi connectivity index (χ3n) is 3.42. The van der Waals surface area contributed by atoms with Gasteiger partial charge in [-0.15, -0.1) is 0 Å². The summed E-state index contributed by atoms with van der Waals surface area (Å²) in [5.41, 5.74) is 0.780. The van der Waals surface area contributed by atoms with Gasteiger partial charge in [-0.25, -0.2) is 9.69 Å². The van der Waals surface area contributed by atoms with Gasteiger partial charge in [0.15, 0.2) is 5.82 Å². The lowest BCUT2D eigenvalue weighted by Crippen LogP contribution is -2.35. The van der Waals surface area contributed by atoms with Crippen LogP contribution in [0.25, 0.3) is 0 Å². The molecule has 0 saturated heterocycles. The highest BCUT2D eigenvalue weighted by atomic mass is 79.9. The van der Waals surface area contributed by atoms with E-state index in [9.17, 15) is 10.1 Å². The number of amides is 1. The number of para-hydroxylation sites is 1. The summed E-state index contributed by atoms with van der Waals surface area (Å²) in [6.45, 7) is 5.38. The van der Waals surface area contributed by atoms with E-state index in [1.807, 2.05) is 18.2 Å². The van der Waals surface area contributed by atoms with Crippen molar-refractivity contribution in [2.45, 2.75) is 31.7 Å². The number of methoxy groups -OCH3 is 1. The molecule has 0 saturated carbocycles. The highest BCUT2D eigenvalue weighted by Gasteiger charge is 2.30. The maximum atomic E-state index is 13.0. The number of halogens is 2. The lowest BCUT2D eigenvalue weighted by atomic mass is 10.1. The first-order valence-corrected chi connectivity index (χ1v) is 9.95. The van der Waals surface area contributed by atoms with Crippen LogP contribution in [0.2, 0.25) is 0 Å². The molecule has 0 fully saturated rings. The molecule has 27 heavy (non-hydrogen) atoms. The zero-order valence-electron chi connectivity index (χ0n) is 15.4. The second-order valence-corrected chi connectivity index (χ2v) is 7.86. The molecule has 142 valence electrons. The Kier molecular flexibility index (Phi) is 6.84. The van der Waals surface area contributed by atoms with E-state index in [0.29, 0.717) is 26.9 Å². The second-order valence-electron chi connectivity index (χ2n) is 6.51. The Morgan fingerprint density at radius 2 is 1.93 bits per heavy atom. The summed E-state index contributed by atoms with van der Waals surface area (Å²) >= 11 is 6.87. The third-order valence-corrected chi connectivity index (χ3v) is 4.85. The molecule has 1 heterocycles. The molecule has 2 aromatic rings.